The maximum atomic E-state index is 4.54. The predicted molar refractivity (Wildman–Crippen MR) is 74.7 cm³/mol. The minimum Gasteiger partial charge on any atom is -0.348 e. The molecule has 1 aliphatic rings. The van der Waals surface area contributed by atoms with E-state index >= 15 is 0 Å². The van der Waals surface area contributed by atoms with Gasteiger partial charge in [-0.3, -0.25) is 0 Å². The molecule has 4 heteroatoms. The van der Waals surface area contributed by atoms with E-state index in [0.717, 1.165) is 6.54 Å². The summed E-state index contributed by atoms with van der Waals surface area (Å²) >= 11 is 1.82. The summed E-state index contributed by atoms with van der Waals surface area (Å²) in [6.07, 6.45) is 7.43. The van der Waals surface area contributed by atoms with E-state index in [1.54, 1.807) is 0 Å². The first-order chi connectivity index (χ1) is 8.16. The van der Waals surface area contributed by atoms with E-state index in [-0.39, 0.29) is 0 Å². The molecule has 3 nitrogen and oxygen atoms in total. The minimum atomic E-state index is 0.535. The zero-order valence-electron chi connectivity index (χ0n) is 11.1. The highest BCUT2D eigenvalue weighted by atomic mass is 32.1. The Balaban J connectivity index is 1.92. The molecule has 0 aromatic carbocycles. The molecule has 1 fully saturated rings. The van der Waals surface area contributed by atoms with Crippen molar-refractivity contribution in [3.05, 3.63) is 11.1 Å². The van der Waals surface area contributed by atoms with Crippen LogP contribution in [0.15, 0.2) is 6.20 Å². The Morgan fingerprint density at radius 3 is 2.82 bits per heavy atom. The monoisotopic (exact) mass is 253 g/mol. The van der Waals surface area contributed by atoms with Crippen molar-refractivity contribution in [2.75, 3.05) is 11.9 Å². The fourth-order valence-electron chi connectivity index (χ4n) is 2.29. The van der Waals surface area contributed by atoms with E-state index in [2.05, 4.69) is 36.1 Å². The summed E-state index contributed by atoms with van der Waals surface area (Å²) in [5, 5.41) is 4.61. The Hall–Kier alpha value is -0.610. The molecule has 0 unspecified atom stereocenters. The molecule has 0 aliphatic heterocycles. The molecular formula is C13H23N3S. The van der Waals surface area contributed by atoms with E-state index in [1.165, 1.54) is 35.7 Å². The van der Waals surface area contributed by atoms with Crippen LogP contribution in [-0.2, 0) is 6.54 Å². The average molecular weight is 253 g/mol. The molecule has 17 heavy (non-hydrogen) atoms. The van der Waals surface area contributed by atoms with Gasteiger partial charge in [-0.25, -0.2) is 4.98 Å². The number of thiazole rings is 1. The second-order valence-corrected chi connectivity index (χ2v) is 6.29. The molecule has 1 aromatic heterocycles. The highest BCUT2D eigenvalue weighted by Crippen LogP contribution is 2.29. The maximum absolute atomic E-state index is 4.54. The fraction of sp³-hybridized carbons (Fsp3) is 0.769. The largest absolute Gasteiger partial charge is 0.348 e. The van der Waals surface area contributed by atoms with E-state index in [1.807, 2.05) is 17.5 Å². The Bertz CT molecular complexity index is 342. The van der Waals surface area contributed by atoms with Gasteiger partial charge in [0.25, 0.3) is 0 Å². The third-order valence-corrected chi connectivity index (χ3v) is 4.49. The SMILES string of the molecule is CC(C)NCc1cnc(N(C)C2CCCC2)s1. The molecule has 0 radical (unpaired) electrons. The lowest BCUT2D eigenvalue weighted by atomic mass is 10.2. The number of hydrogen-bond donors (Lipinski definition) is 1. The first-order valence-corrected chi connectivity index (χ1v) is 7.39. The van der Waals surface area contributed by atoms with Crippen LogP contribution in [0, 0.1) is 0 Å². The number of aromatic nitrogens is 1. The lowest BCUT2D eigenvalue weighted by Crippen LogP contribution is -2.28. The second-order valence-electron chi connectivity index (χ2n) is 5.19. The van der Waals surface area contributed by atoms with Crippen molar-refractivity contribution in [2.45, 2.75) is 58.2 Å². The lowest BCUT2D eigenvalue weighted by Gasteiger charge is -2.23. The summed E-state index contributed by atoms with van der Waals surface area (Å²) in [6, 6.07) is 1.25. The van der Waals surface area contributed by atoms with Crippen LogP contribution in [0.2, 0.25) is 0 Å². The standard InChI is InChI=1S/C13H23N3S/c1-10(2)14-8-12-9-15-13(17-12)16(3)11-6-4-5-7-11/h9-11,14H,4-8H2,1-3H3. The van der Waals surface area contributed by atoms with Crippen LogP contribution in [-0.4, -0.2) is 24.1 Å². The van der Waals surface area contributed by atoms with Crippen molar-refractivity contribution in [1.82, 2.24) is 10.3 Å². The average Bonchev–Trinajstić information content (AvgIpc) is 2.97. The Kier molecular flexibility index (Phi) is 4.40. The second kappa shape index (κ2) is 5.83. The Morgan fingerprint density at radius 2 is 2.18 bits per heavy atom. The van der Waals surface area contributed by atoms with E-state index < -0.39 is 0 Å². The number of nitrogens with one attached hydrogen (secondary N) is 1. The van der Waals surface area contributed by atoms with Gasteiger partial charge >= 0.3 is 0 Å². The van der Waals surface area contributed by atoms with Gasteiger partial charge < -0.3 is 10.2 Å². The van der Waals surface area contributed by atoms with Gasteiger partial charge in [0.15, 0.2) is 5.13 Å². The minimum absolute atomic E-state index is 0.535. The summed E-state index contributed by atoms with van der Waals surface area (Å²) in [4.78, 5) is 8.25. The first-order valence-electron chi connectivity index (χ1n) is 6.57. The third-order valence-electron chi connectivity index (χ3n) is 3.40. The van der Waals surface area contributed by atoms with E-state index in [9.17, 15) is 0 Å². The van der Waals surface area contributed by atoms with Crippen LogP contribution in [0.25, 0.3) is 0 Å². The van der Waals surface area contributed by atoms with Crippen LogP contribution in [0.1, 0.15) is 44.4 Å². The van der Waals surface area contributed by atoms with Crippen molar-refractivity contribution in [3.63, 3.8) is 0 Å². The third kappa shape index (κ3) is 3.42. The molecule has 2 rings (SSSR count). The normalized spacial score (nSPS) is 16.9. The molecular weight excluding hydrogens is 230 g/mol. The number of nitrogens with zero attached hydrogens (tertiary/aromatic N) is 2. The van der Waals surface area contributed by atoms with Gasteiger partial charge in [-0.05, 0) is 12.8 Å². The van der Waals surface area contributed by atoms with Crippen molar-refractivity contribution in [1.29, 1.82) is 0 Å². The van der Waals surface area contributed by atoms with Crippen LogP contribution in [0.5, 0.6) is 0 Å². The van der Waals surface area contributed by atoms with Gasteiger partial charge in [0.2, 0.25) is 0 Å². The summed E-state index contributed by atoms with van der Waals surface area (Å²) in [5.41, 5.74) is 0. The zero-order chi connectivity index (χ0) is 12.3. The zero-order valence-corrected chi connectivity index (χ0v) is 11.9. The smallest absolute Gasteiger partial charge is 0.185 e. The lowest BCUT2D eigenvalue weighted by molar-refractivity contribution is 0.593. The maximum Gasteiger partial charge on any atom is 0.185 e. The van der Waals surface area contributed by atoms with Crippen molar-refractivity contribution in [2.24, 2.45) is 0 Å². The van der Waals surface area contributed by atoms with Crippen molar-refractivity contribution < 1.29 is 0 Å². The molecule has 96 valence electrons. The molecule has 1 aromatic rings. The molecule has 0 bridgehead atoms. The molecule has 1 aliphatic carbocycles. The first kappa shape index (κ1) is 12.8. The van der Waals surface area contributed by atoms with Gasteiger partial charge in [0.05, 0.1) is 0 Å². The molecule has 1 heterocycles. The van der Waals surface area contributed by atoms with Gasteiger partial charge in [-0.2, -0.15) is 0 Å². The van der Waals surface area contributed by atoms with Crippen LogP contribution >= 0.6 is 11.3 Å². The highest BCUT2D eigenvalue weighted by Gasteiger charge is 2.21. The molecule has 0 amide bonds. The Labute approximate surface area is 108 Å². The predicted octanol–water partition coefficient (Wildman–Crippen LogP) is 3.02. The van der Waals surface area contributed by atoms with Crippen molar-refractivity contribution >= 4 is 16.5 Å². The topological polar surface area (TPSA) is 28.2 Å². The fourth-order valence-corrected chi connectivity index (χ4v) is 3.19. The van der Waals surface area contributed by atoms with Gasteiger partial charge in [-0.1, -0.05) is 26.7 Å². The molecule has 1 N–H and O–H groups in total. The summed E-state index contributed by atoms with van der Waals surface area (Å²) in [6.45, 7) is 5.28. The van der Waals surface area contributed by atoms with Crippen LogP contribution in [0.3, 0.4) is 0 Å². The van der Waals surface area contributed by atoms with E-state index in [4.69, 9.17) is 0 Å². The quantitative estimate of drug-likeness (QED) is 0.874. The number of hydrogen-bond acceptors (Lipinski definition) is 4. The van der Waals surface area contributed by atoms with Gasteiger partial charge in [0.1, 0.15) is 0 Å². The van der Waals surface area contributed by atoms with Gasteiger partial charge in [-0.15, -0.1) is 11.3 Å². The Morgan fingerprint density at radius 1 is 1.47 bits per heavy atom. The molecule has 0 atom stereocenters. The summed E-state index contributed by atoms with van der Waals surface area (Å²) < 4.78 is 0. The number of anilines is 1. The molecule has 1 saturated carbocycles. The van der Waals surface area contributed by atoms with Crippen LogP contribution < -0.4 is 10.2 Å². The van der Waals surface area contributed by atoms with E-state index in [0.29, 0.717) is 12.1 Å². The summed E-state index contributed by atoms with van der Waals surface area (Å²) in [5.74, 6) is 0. The number of rotatable bonds is 5. The summed E-state index contributed by atoms with van der Waals surface area (Å²) in [7, 11) is 2.19. The molecule has 0 spiro atoms. The molecule has 0 saturated heterocycles. The highest BCUT2D eigenvalue weighted by molar-refractivity contribution is 7.15. The van der Waals surface area contributed by atoms with Crippen molar-refractivity contribution in [3.8, 4) is 0 Å². The van der Waals surface area contributed by atoms with Crippen LogP contribution in [0.4, 0.5) is 5.13 Å². The van der Waals surface area contributed by atoms with Gasteiger partial charge in [0, 0.05) is 36.8 Å².